The number of aromatic nitrogens is 3. The number of hydrogen-bond acceptors (Lipinski definition) is 5. The molecular weight excluding hydrogens is 252 g/mol. The molecule has 18 heavy (non-hydrogen) atoms. The Hall–Kier alpha value is -1.88. The molecule has 0 radical (unpaired) electrons. The molecule has 0 saturated carbocycles. The minimum Gasteiger partial charge on any atom is -0.490 e. The standard InChI is InChI=1S/C12H13ClN4O/c1-17(7-9-3-5-14-6-4-9)12-10(18-2)11(13)15-8-16-12/h3-6,8H,7H2,1-2H3. The first-order valence-corrected chi connectivity index (χ1v) is 5.74. The van der Waals surface area contributed by atoms with E-state index >= 15 is 0 Å². The van der Waals surface area contributed by atoms with Crippen LogP contribution in [0.25, 0.3) is 0 Å². The Kier molecular flexibility index (Phi) is 3.94. The molecule has 0 unspecified atom stereocenters. The van der Waals surface area contributed by atoms with Crippen molar-refractivity contribution in [1.82, 2.24) is 15.0 Å². The number of halogens is 1. The van der Waals surface area contributed by atoms with Gasteiger partial charge >= 0.3 is 0 Å². The molecule has 0 N–H and O–H groups in total. The SMILES string of the molecule is COc1c(Cl)ncnc1N(C)Cc1ccncc1. The summed E-state index contributed by atoms with van der Waals surface area (Å²) in [5.74, 6) is 1.14. The number of anilines is 1. The van der Waals surface area contributed by atoms with Gasteiger partial charge in [0, 0.05) is 26.0 Å². The zero-order valence-electron chi connectivity index (χ0n) is 10.2. The maximum Gasteiger partial charge on any atom is 0.199 e. The van der Waals surface area contributed by atoms with Gasteiger partial charge in [-0.1, -0.05) is 11.6 Å². The third-order valence-corrected chi connectivity index (χ3v) is 2.75. The van der Waals surface area contributed by atoms with Crippen LogP contribution in [-0.2, 0) is 6.54 Å². The van der Waals surface area contributed by atoms with Crippen LogP contribution in [0, 0.1) is 0 Å². The van der Waals surface area contributed by atoms with Gasteiger partial charge in [0.15, 0.2) is 16.7 Å². The van der Waals surface area contributed by atoms with E-state index in [1.807, 2.05) is 24.1 Å². The quantitative estimate of drug-likeness (QED) is 0.792. The zero-order valence-corrected chi connectivity index (χ0v) is 10.9. The molecular formula is C12H13ClN4O. The van der Waals surface area contributed by atoms with Gasteiger partial charge in [-0.2, -0.15) is 0 Å². The third kappa shape index (κ3) is 2.68. The van der Waals surface area contributed by atoms with E-state index in [1.54, 1.807) is 19.5 Å². The summed E-state index contributed by atoms with van der Waals surface area (Å²) in [5.41, 5.74) is 1.13. The molecule has 0 aliphatic rings. The second kappa shape index (κ2) is 5.64. The Bertz CT molecular complexity index is 521. The molecule has 94 valence electrons. The lowest BCUT2D eigenvalue weighted by Gasteiger charge is -2.20. The van der Waals surface area contributed by atoms with Crippen LogP contribution in [0.1, 0.15) is 5.56 Å². The second-order valence-corrected chi connectivity index (χ2v) is 4.09. The highest BCUT2D eigenvalue weighted by Crippen LogP contribution is 2.31. The Labute approximate surface area is 110 Å². The van der Waals surface area contributed by atoms with Crippen LogP contribution < -0.4 is 9.64 Å². The van der Waals surface area contributed by atoms with Crippen LogP contribution in [0.2, 0.25) is 5.15 Å². The first kappa shape index (κ1) is 12.6. The molecule has 6 heteroatoms. The van der Waals surface area contributed by atoms with E-state index in [0.717, 1.165) is 5.56 Å². The van der Waals surface area contributed by atoms with Crippen molar-refractivity contribution in [3.63, 3.8) is 0 Å². The lowest BCUT2D eigenvalue weighted by molar-refractivity contribution is 0.411. The van der Waals surface area contributed by atoms with Crippen molar-refractivity contribution < 1.29 is 4.74 Å². The average molecular weight is 265 g/mol. The fraction of sp³-hybridized carbons (Fsp3) is 0.250. The van der Waals surface area contributed by atoms with Crippen molar-refractivity contribution in [2.45, 2.75) is 6.54 Å². The monoisotopic (exact) mass is 264 g/mol. The molecule has 2 rings (SSSR count). The van der Waals surface area contributed by atoms with Crippen molar-refractivity contribution in [1.29, 1.82) is 0 Å². The van der Waals surface area contributed by atoms with Gasteiger partial charge in [0.05, 0.1) is 7.11 Å². The van der Waals surface area contributed by atoms with Crippen molar-refractivity contribution >= 4 is 17.4 Å². The highest BCUT2D eigenvalue weighted by atomic mass is 35.5. The molecule has 0 bridgehead atoms. The zero-order chi connectivity index (χ0) is 13.0. The Morgan fingerprint density at radius 1 is 1.28 bits per heavy atom. The summed E-state index contributed by atoms with van der Waals surface area (Å²) in [4.78, 5) is 14.0. The molecule has 0 aromatic carbocycles. The minimum absolute atomic E-state index is 0.309. The summed E-state index contributed by atoms with van der Waals surface area (Å²) in [5, 5.41) is 0.309. The summed E-state index contributed by atoms with van der Waals surface area (Å²) < 4.78 is 5.22. The van der Waals surface area contributed by atoms with Gasteiger partial charge < -0.3 is 9.64 Å². The number of hydrogen-bond donors (Lipinski definition) is 0. The molecule has 0 aliphatic heterocycles. The Balaban J connectivity index is 2.24. The maximum absolute atomic E-state index is 5.96. The summed E-state index contributed by atoms with van der Waals surface area (Å²) in [7, 11) is 3.47. The molecule has 2 aromatic rings. The lowest BCUT2D eigenvalue weighted by atomic mass is 10.2. The van der Waals surface area contributed by atoms with Crippen LogP contribution in [0.3, 0.4) is 0 Å². The molecule has 0 saturated heterocycles. The number of nitrogens with zero attached hydrogens (tertiary/aromatic N) is 4. The second-order valence-electron chi connectivity index (χ2n) is 3.73. The minimum atomic E-state index is 0.309. The predicted molar refractivity (Wildman–Crippen MR) is 69.9 cm³/mol. The summed E-state index contributed by atoms with van der Waals surface area (Å²) in [6.45, 7) is 0.687. The fourth-order valence-corrected chi connectivity index (χ4v) is 1.83. The van der Waals surface area contributed by atoms with E-state index in [0.29, 0.717) is 23.3 Å². The Morgan fingerprint density at radius 2 is 2.00 bits per heavy atom. The normalized spacial score (nSPS) is 10.2. The lowest BCUT2D eigenvalue weighted by Crippen LogP contribution is -2.18. The topological polar surface area (TPSA) is 51.1 Å². The van der Waals surface area contributed by atoms with Crippen molar-refractivity contribution in [3.05, 3.63) is 41.6 Å². The molecule has 0 amide bonds. The van der Waals surface area contributed by atoms with Gasteiger partial charge in [-0.3, -0.25) is 4.98 Å². The first-order valence-electron chi connectivity index (χ1n) is 5.37. The van der Waals surface area contributed by atoms with Gasteiger partial charge in [-0.25, -0.2) is 9.97 Å². The van der Waals surface area contributed by atoms with E-state index in [9.17, 15) is 0 Å². The number of methoxy groups -OCH3 is 1. The Morgan fingerprint density at radius 3 is 2.67 bits per heavy atom. The third-order valence-electron chi connectivity index (χ3n) is 2.48. The van der Waals surface area contributed by atoms with Crippen molar-refractivity contribution in [3.8, 4) is 5.75 Å². The summed E-state index contributed by atoms with van der Waals surface area (Å²) in [6, 6.07) is 3.90. The molecule has 0 spiro atoms. The smallest absolute Gasteiger partial charge is 0.199 e. The van der Waals surface area contributed by atoms with Gasteiger partial charge in [-0.15, -0.1) is 0 Å². The highest BCUT2D eigenvalue weighted by Gasteiger charge is 2.14. The van der Waals surface area contributed by atoms with Crippen LogP contribution in [0.5, 0.6) is 5.75 Å². The van der Waals surface area contributed by atoms with E-state index in [1.165, 1.54) is 6.33 Å². The molecule has 0 fully saturated rings. The summed E-state index contributed by atoms with van der Waals surface area (Å²) >= 11 is 5.96. The van der Waals surface area contributed by atoms with Crippen LogP contribution >= 0.6 is 11.6 Å². The van der Waals surface area contributed by atoms with Gasteiger partial charge in [0.1, 0.15) is 6.33 Å². The maximum atomic E-state index is 5.96. The van der Waals surface area contributed by atoms with E-state index in [-0.39, 0.29) is 0 Å². The number of pyridine rings is 1. The van der Waals surface area contributed by atoms with Crippen molar-refractivity contribution in [2.75, 3.05) is 19.1 Å². The highest BCUT2D eigenvalue weighted by molar-refractivity contribution is 6.31. The predicted octanol–water partition coefficient (Wildman–Crippen LogP) is 2.17. The number of rotatable bonds is 4. The van der Waals surface area contributed by atoms with Gasteiger partial charge in [0.2, 0.25) is 0 Å². The van der Waals surface area contributed by atoms with Crippen LogP contribution in [0.4, 0.5) is 5.82 Å². The number of ether oxygens (including phenoxy) is 1. The molecule has 2 heterocycles. The van der Waals surface area contributed by atoms with Gasteiger partial charge in [-0.05, 0) is 17.7 Å². The van der Waals surface area contributed by atoms with E-state index in [2.05, 4.69) is 15.0 Å². The molecule has 5 nitrogen and oxygen atoms in total. The first-order chi connectivity index (χ1) is 8.72. The fourth-order valence-electron chi connectivity index (χ4n) is 1.63. The van der Waals surface area contributed by atoms with Crippen LogP contribution in [0.15, 0.2) is 30.9 Å². The van der Waals surface area contributed by atoms with Gasteiger partial charge in [0.25, 0.3) is 0 Å². The molecule has 0 atom stereocenters. The average Bonchev–Trinajstić information content (AvgIpc) is 2.39. The summed E-state index contributed by atoms with van der Waals surface area (Å²) in [6.07, 6.45) is 4.93. The van der Waals surface area contributed by atoms with E-state index < -0.39 is 0 Å². The largest absolute Gasteiger partial charge is 0.490 e. The van der Waals surface area contributed by atoms with Crippen LogP contribution in [-0.4, -0.2) is 29.1 Å². The van der Waals surface area contributed by atoms with Crippen molar-refractivity contribution in [2.24, 2.45) is 0 Å². The molecule has 2 aromatic heterocycles. The molecule has 0 aliphatic carbocycles. The van der Waals surface area contributed by atoms with E-state index in [4.69, 9.17) is 16.3 Å².